The summed E-state index contributed by atoms with van der Waals surface area (Å²) in [4.78, 5) is 0. The van der Waals surface area contributed by atoms with E-state index >= 15 is 0 Å². The average molecular weight is 157 g/mol. The third-order valence-electron chi connectivity index (χ3n) is 1.76. The van der Waals surface area contributed by atoms with Gasteiger partial charge in [0.05, 0.1) is 7.05 Å². The van der Waals surface area contributed by atoms with E-state index in [1.165, 1.54) is 0 Å². The molecule has 0 aromatic rings. The van der Waals surface area contributed by atoms with Crippen LogP contribution in [0.1, 0.15) is 34.1 Å². The first-order chi connectivity index (χ1) is 5.13. The molecule has 0 aromatic carbocycles. The fourth-order valence-corrected chi connectivity index (χ4v) is 0.991. The van der Waals surface area contributed by atoms with E-state index in [4.69, 9.17) is 0 Å². The van der Waals surface area contributed by atoms with Gasteiger partial charge in [0, 0.05) is 12.1 Å². The monoisotopic (exact) mass is 157 g/mol. The van der Waals surface area contributed by atoms with Gasteiger partial charge in [0.1, 0.15) is 0 Å². The van der Waals surface area contributed by atoms with Gasteiger partial charge in [-0.2, -0.15) is 5.11 Å². The van der Waals surface area contributed by atoms with E-state index in [0.29, 0.717) is 12.1 Å². The largest absolute Gasteiger partial charge is 0.274 e. The van der Waals surface area contributed by atoms with Crippen molar-refractivity contribution in [2.45, 2.75) is 46.2 Å². The van der Waals surface area contributed by atoms with Gasteiger partial charge in [0.25, 0.3) is 0 Å². The Labute approximate surface area is 69.5 Å². The normalized spacial score (nSPS) is 14.4. The predicted octanol–water partition coefficient (Wildman–Crippen LogP) is 2.49. The van der Waals surface area contributed by atoms with Crippen LogP contribution in [0.3, 0.4) is 0 Å². The number of hydrogen-bond donors (Lipinski definition) is 0. The maximum atomic E-state index is 4.05. The summed E-state index contributed by atoms with van der Waals surface area (Å²) in [6.07, 6.45) is 1.11. The second kappa shape index (κ2) is 5.10. The van der Waals surface area contributed by atoms with Gasteiger partial charge in [-0.1, -0.05) is 12.1 Å². The smallest absolute Gasteiger partial charge is 0.0509 e. The third kappa shape index (κ3) is 3.35. The standard InChI is InChI=1S/C8H19N3/c1-6-8(4)11(7(2)3)10-9-5/h7-8H,6H2,1-5H3. The molecular weight excluding hydrogens is 138 g/mol. The fourth-order valence-electron chi connectivity index (χ4n) is 0.991. The van der Waals surface area contributed by atoms with Gasteiger partial charge < -0.3 is 0 Å². The number of nitrogens with zero attached hydrogens (tertiary/aromatic N) is 3. The molecule has 0 aliphatic carbocycles. The second-order valence-corrected chi connectivity index (χ2v) is 3.02. The van der Waals surface area contributed by atoms with E-state index in [1.54, 1.807) is 7.05 Å². The summed E-state index contributed by atoms with van der Waals surface area (Å²) in [5.41, 5.74) is 0. The lowest BCUT2D eigenvalue weighted by Crippen LogP contribution is -2.33. The lowest BCUT2D eigenvalue weighted by atomic mass is 10.2. The van der Waals surface area contributed by atoms with Crippen LogP contribution in [0.25, 0.3) is 0 Å². The first kappa shape index (κ1) is 10.4. The van der Waals surface area contributed by atoms with Gasteiger partial charge in [-0.05, 0) is 27.2 Å². The zero-order valence-corrected chi connectivity index (χ0v) is 8.20. The molecule has 3 nitrogen and oxygen atoms in total. The topological polar surface area (TPSA) is 28.0 Å². The Morgan fingerprint density at radius 1 is 1.27 bits per heavy atom. The molecule has 0 amide bonds. The first-order valence-corrected chi connectivity index (χ1v) is 4.21. The lowest BCUT2D eigenvalue weighted by molar-refractivity contribution is 0.153. The van der Waals surface area contributed by atoms with E-state index in [-0.39, 0.29) is 0 Å². The van der Waals surface area contributed by atoms with E-state index < -0.39 is 0 Å². The minimum Gasteiger partial charge on any atom is -0.274 e. The van der Waals surface area contributed by atoms with Crippen molar-refractivity contribution >= 4 is 0 Å². The van der Waals surface area contributed by atoms with Gasteiger partial charge in [-0.3, -0.25) is 5.01 Å². The molecule has 1 unspecified atom stereocenters. The molecule has 0 rings (SSSR count). The Kier molecular flexibility index (Phi) is 4.83. The lowest BCUT2D eigenvalue weighted by Gasteiger charge is -2.27. The molecule has 0 fully saturated rings. The maximum Gasteiger partial charge on any atom is 0.0509 e. The van der Waals surface area contributed by atoms with Crippen LogP contribution in [-0.2, 0) is 0 Å². The number of rotatable bonds is 4. The first-order valence-electron chi connectivity index (χ1n) is 4.21. The fraction of sp³-hybridized carbons (Fsp3) is 1.00. The molecule has 0 heterocycles. The van der Waals surface area contributed by atoms with Gasteiger partial charge >= 0.3 is 0 Å². The summed E-state index contributed by atoms with van der Waals surface area (Å²) >= 11 is 0. The summed E-state index contributed by atoms with van der Waals surface area (Å²) in [6, 6.07) is 0.923. The van der Waals surface area contributed by atoms with Crippen LogP contribution in [-0.4, -0.2) is 24.1 Å². The van der Waals surface area contributed by atoms with Crippen molar-refractivity contribution in [1.82, 2.24) is 5.01 Å². The molecule has 0 aliphatic heterocycles. The molecule has 0 radical (unpaired) electrons. The van der Waals surface area contributed by atoms with Crippen LogP contribution >= 0.6 is 0 Å². The van der Waals surface area contributed by atoms with E-state index in [9.17, 15) is 0 Å². The molecule has 0 N–H and O–H groups in total. The van der Waals surface area contributed by atoms with Crippen molar-refractivity contribution in [1.29, 1.82) is 0 Å². The summed E-state index contributed by atoms with van der Waals surface area (Å²) in [5, 5.41) is 9.86. The van der Waals surface area contributed by atoms with E-state index in [2.05, 4.69) is 38.0 Å². The molecule has 1 atom stereocenters. The highest BCUT2D eigenvalue weighted by atomic mass is 15.6. The summed E-state index contributed by atoms with van der Waals surface area (Å²) < 4.78 is 0. The van der Waals surface area contributed by atoms with Crippen molar-refractivity contribution in [3.63, 3.8) is 0 Å². The molecule has 0 bridgehead atoms. The molecule has 0 aliphatic rings. The number of hydrogen-bond acceptors (Lipinski definition) is 2. The predicted molar refractivity (Wildman–Crippen MR) is 47.5 cm³/mol. The van der Waals surface area contributed by atoms with Crippen molar-refractivity contribution < 1.29 is 0 Å². The van der Waals surface area contributed by atoms with Crippen LogP contribution in [0, 0.1) is 0 Å². The maximum absolute atomic E-state index is 4.05. The Morgan fingerprint density at radius 3 is 2.09 bits per heavy atom. The van der Waals surface area contributed by atoms with Crippen molar-refractivity contribution in [2.24, 2.45) is 10.3 Å². The molecular formula is C8H19N3. The molecule has 0 aromatic heterocycles. The zero-order valence-electron chi connectivity index (χ0n) is 8.20. The van der Waals surface area contributed by atoms with Gasteiger partial charge in [-0.25, -0.2) is 0 Å². The van der Waals surface area contributed by atoms with Crippen LogP contribution in [0.5, 0.6) is 0 Å². The molecule has 0 saturated carbocycles. The average Bonchev–Trinajstić information content (AvgIpc) is 1.98. The molecule has 0 spiro atoms. The van der Waals surface area contributed by atoms with Crippen molar-refractivity contribution in [3.05, 3.63) is 0 Å². The van der Waals surface area contributed by atoms with E-state index in [0.717, 1.165) is 6.42 Å². The minimum absolute atomic E-state index is 0.439. The quantitative estimate of drug-likeness (QED) is 0.455. The summed E-state index contributed by atoms with van der Waals surface area (Å²) in [6.45, 7) is 8.57. The Balaban J connectivity index is 4.09. The highest BCUT2D eigenvalue weighted by molar-refractivity contribution is 4.63. The van der Waals surface area contributed by atoms with Crippen LogP contribution < -0.4 is 0 Å². The van der Waals surface area contributed by atoms with Crippen LogP contribution in [0.4, 0.5) is 0 Å². The third-order valence-corrected chi connectivity index (χ3v) is 1.76. The summed E-state index contributed by atoms with van der Waals surface area (Å²) in [5.74, 6) is 0. The molecule has 66 valence electrons. The van der Waals surface area contributed by atoms with Gasteiger partial charge in [0.15, 0.2) is 0 Å². The minimum atomic E-state index is 0.439. The molecule has 11 heavy (non-hydrogen) atoms. The van der Waals surface area contributed by atoms with Crippen LogP contribution in [0.2, 0.25) is 0 Å². The van der Waals surface area contributed by atoms with Crippen molar-refractivity contribution in [3.8, 4) is 0 Å². The van der Waals surface area contributed by atoms with Gasteiger partial charge in [-0.15, -0.1) is 0 Å². The van der Waals surface area contributed by atoms with Crippen molar-refractivity contribution in [2.75, 3.05) is 7.05 Å². The Hall–Kier alpha value is -0.600. The SMILES string of the molecule is CCC(C)N(N=NC)C(C)C. The van der Waals surface area contributed by atoms with Crippen LogP contribution in [0.15, 0.2) is 10.3 Å². The highest BCUT2D eigenvalue weighted by Gasteiger charge is 2.12. The molecule has 3 heteroatoms. The zero-order chi connectivity index (χ0) is 8.85. The van der Waals surface area contributed by atoms with Gasteiger partial charge in [0.2, 0.25) is 0 Å². The summed E-state index contributed by atoms with van der Waals surface area (Å²) in [7, 11) is 1.71. The Morgan fingerprint density at radius 2 is 1.82 bits per heavy atom. The molecule has 0 saturated heterocycles. The van der Waals surface area contributed by atoms with E-state index in [1.807, 2.05) is 5.01 Å². The highest BCUT2D eigenvalue weighted by Crippen LogP contribution is 2.08. The Bertz CT molecular complexity index is 121. The second-order valence-electron chi connectivity index (χ2n) is 3.02.